The van der Waals surface area contributed by atoms with E-state index in [4.69, 9.17) is 4.74 Å². The predicted octanol–water partition coefficient (Wildman–Crippen LogP) is 3.84. The standard InChI is InChI=1S/C21H23F2N5O3S2/c1-3-12-33(29,30)27-15-5-4-14(22)17(18(15)23)19-20(16-6-7-24-13(2)25-16)32-21(26-19)28-8-10-31-11-9-28/h4-7,27H,3,8-12H2,1-2H3. The third-order valence-corrected chi connectivity index (χ3v) is 7.59. The van der Waals surface area contributed by atoms with Gasteiger partial charge in [-0.15, -0.1) is 0 Å². The van der Waals surface area contributed by atoms with Crippen molar-refractivity contribution in [1.29, 1.82) is 0 Å². The Balaban J connectivity index is 1.87. The number of hydrogen-bond acceptors (Lipinski definition) is 8. The van der Waals surface area contributed by atoms with Crippen LogP contribution in [0.4, 0.5) is 19.6 Å². The second-order valence-corrected chi connectivity index (χ2v) is 10.3. The zero-order valence-electron chi connectivity index (χ0n) is 18.1. The Morgan fingerprint density at radius 1 is 1.18 bits per heavy atom. The summed E-state index contributed by atoms with van der Waals surface area (Å²) in [7, 11) is -3.77. The van der Waals surface area contributed by atoms with E-state index < -0.39 is 27.2 Å². The van der Waals surface area contributed by atoms with Gasteiger partial charge in [0.25, 0.3) is 0 Å². The van der Waals surface area contributed by atoms with Gasteiger partial charge in [0.1, 0.15) is 11.6 Å². The van der Waals surface area contributed by atoms with Crippen LogP contribution < -0.4 is 9.62 Å². The molecule has 176 valence electrons. The summed E-state index contributed by atoms with van der Waals surface area (Å²) in [6.07, 6.45) is 1.93. The van der Waals surface area contributed by atoms with Crippen molar-refractivity contribution in [1.82, 2.24) is 15.0 Å². The highest BCUT2D eigenvalue weighted by molar-refractivity contribution is 7.92. The van der Waals surface area contributed by atoms with Crippen LogP contribution in [-0.2, 0) is 14.8 Å². The number of thiazole rings is 1. The van der Waals surface area contributed by atoms with Gasteiger partial charge in [-0.2, -0.15) is 0 Å². The molecule has 3 aromatic rings. The van der Waals surface area contributed by atoms with Crippen molar-refractivity contribution in [2.24, 2.45) is 0 Å². The molecule has 1 saturated heterocycles. The summed E-state index contributed by atoms with van der Waals surface area (Å²) in [5.41, 5.74) is -0.198. The number of benzene rings is 1. The SMILES string of the molecule is CCCS(=O)(=O)Nc1ccc(F)c(-c2nc(N3CCOCC3)sc2-c2ccnc(C)n2)c1F. The van der Waals surface area contributed by atoms with Gasteiger partial charge >= 0.3 is 0 Å². The molecule has 0 spiro atoms. The Hall–Kier alpha value is -2.70. The molecule has 12 heteroatoms. The van der Waals surface area contributed by atoms with E-state index in [1.54, 1.807) is 26.1 Å². The molecule has 0 radical (unpaired) electrons. The number of rotatable bonds is 7. The van der Waals surface area contributed by atoms with Crippen LogP contribution in [-0.4, -0.2) is 55.4 Å². The van der Waals surface area contributed by atoms with Crippen LogP contribution in [0.15, 0.2) is 24.4 Å². The number of aryl methyl sites for hydroxylation is 1. The number of nitrogens with zero attached hydrogens (tertiary/aromatic N) is 4. The highest BCUT2D eigenvalue weighted by atomic mass is 32.2. The molecule has 1 aliphatic heterocycles. The maximum absolute atomic E-state index is 15.5. The average molecular weight is 496 g/mol. The number of ether oxygens (including phenoxy) is 1. The topological polar surface area (TPSA) is 97.3 Å². The molecule has 0 atom stereocenters. The molecule has 2 aromatic heterocycles. The van der Waals surface area contributed by atoms with E-state index in [0.29, 0.717) is 54.3 Å². The van der Waals surface area contributed by atoms with Gasteiger partial charge in [0.2, 0.25) is 10.0 Å². The zero-order valence-corrected chi connectivity index (χ0v) is 19.8. The number of morpholine rings is 1. The van der Waals surface area contributed by atoms with Crippen LogP contribution in [0.25, 0.3) is 21.8 Å². The van der Waals surface area contributed by atoms with Crippen LogP contribution in [0.1, 0.15) is 19.2 Å². The van der Waals surface area contributed by atoms with Gasteiger partial charge in [-0.1, -0.05) is 18.3 Å². The third-order valence-electron chi connectivity index (χ3n) is 4.97. The fourth-order valence-electron chi connectivity index (χ4n) is 3.46. The van der Waals surface area contributed by atoms with Crippen LogP contribution >= 0.6 is 11.3 Å². The van der Waals surface area contributed by atoms with Crippen LogP contribution in [0.3, 0.4) is 0 Å². The molecule has 33 heavy (non-hydrogen) atoms. The zero-order chi connectivity index (χ0) is 23.6. The summed E-state index contributed by atoms with van der Waals surface area (Å²) >= 11 is 1.26. The lowest BCUT2D eigenvalue weighted by atomic mass is 10.1. The molecule has 0 amide bonds. The van der Waals surface area contributed by atoms with Crippen molar-refractivity contribution in [2.45, 2.75) is 20.3 Å². The number of hydrogen-bond donors (Lipinski definition) is 1. The first-order chi connectivity index (χ1) is 15.8. The highest BCUT2D eigenvalue weighted by Gasteiger charge is 2.27. The number of nitrogens with one attached hydrogen (secondary N) is 1. The Bertz CT molecular complexity index is 1260. The van der Waals surface area contributed by atoms with E-state index >= 15 is 8.78 Å². The van der Waals surface area contributed by atoms with E-state index in [9.17, 15) is 8.42 Å². The summed E-state index contributed by atoms with van der Waals surface area (Å²) < 4.78 is 62.6. The van der Waals surface area contributed by atoms with E-state index in [0.717, 1.165) is 12.1 Å². The maximum atomic E-state index is 15.5. The predicted molar refractivity (Wildman–Crippen MR) is 124 cm³/mol. The van der Waals surface area contributed by atoms with Crippen molar-refractivity contribution in [3.05, 3.63) is 41.9 Å². The molecule has 1 fully saturated rings. The molecule has 1 N–H and O–H groups in total. The number of anilines is 2. The number of sulfonamides is 1. The van der Waals surface area contributed by atoms with Gasteiger partial charge in [-0.05, 0) is 31.5 Å². The number of aromatic nitrogens is 3. The van der Waals surface area contributed by atoms with Crippen molar-refractivity contribution in [2.75, 3.05) is 41.7 Å². The Morgan fingerprint density at radius 2 is 1.94 bits per heavy atom. The minimum absolute atomic E-state index is 0.0612. The molecule has 0 aliphatic carbocycles. The number of halogens is 2. The normalized spacial score (nSPS) is 14.5. The van der Waals surface area contributed by atoms with Crippen molar-refractivity contribution in [3.63, 3.8) is 0 Å². The highest BCUT2D eigenvalue weighted by Crippen LogP contribution is 2.42. The van der Waals surface area contributed by atoms with Crippen molar-refractivity contribution in [3.8, 4) is 21.8 Å². The van der Waals surface area contributed by atoms with Gasteiger partial charge in [0.15, 0.2) is 10.9 Å². The molecule has 0 saturated carbocycles. The van der Waals surface area contributed by atoms with Crippen LogP contribution in [0.5, 0.6) is 0 Å². The van der Waals surface area contributed by atoms with E-state index in [2.05, 4.69) is 19.7 Å². The largest absolute Gasteiger partial charge is 0.378 e. The molecule has 8 nitrogen and oxygen atoms in total. The van der Waals surface area contributed by atoms with Gasteiger partial charge in [-0.3, -0.25) is 4.72 Å². The quantitative estimate of drug-likeness (QED) is 0.532. The Morgan fingerprint density at radius 3 is 2.64 bits per heavy atom. The van der Waals surface area contributed by atoms with Gasteiger partial charge < -0.3 is 9.64 Å². The lowest BCUT2D eigenvalue weighted by Gasteiger charge is -2.26. The molecule has 3 heterocycles. The van der Waals surface area contributed by atoms with E-state index in [1.807, 2.05) is 4.90 Å². The Labute approximate surface area is 194 Å². The first-order valence-electron chi connectivity index (χ1n) is 10.4. The summed E-state index contributed by atoms with van der Waals surface area (Å²) in [5.74, 6) is -1.55. The lowest BCUT2D eigenvalue weighted by Crippen LogP contribution is -2.36. The van der Waals surface area contributed by atoms with E-state index in [-0.39, 0.29) is 17.1 Å². The van der Waals surface area contributed by atoms with Crippen molar-refractivity contribution >= 4 is 32.2 Å². The minimum Gasteiger partial charge on any atom is -0.378 e. The first kappa shape index (κ1) is 23.5. The third kappa shape index (κ3) is 5.12. The molecular formula is C21H23F2N5O3S2. The lowest BCUT2D eigenvalue weighted by molar-refractivity contribution is 0.122. The first-order valence-corrected chi connectivity index (χ1v) is 12.9. The molecule has 0 unspecified atom stereocenters. The smallest absolute Gasteiger partial charge is 0.232 e. The fraction of sp³-hybridized carbons (Fsp3) is 0.381. The molecule has 4 rings (SSSR count). The summed E-state index contributed by atoms with van der Waals surface area (Å²) in [6.45, 7) is 5.65. The summed E-state index contributed by atoms with van der Waals surface area (Å²) in [6, 6.07) is 3.76. The van der Waals surface area contributed by atoms with Gasteiger partial charge in [0, 0.05) is 19.3 Å². The minimum atomic E-state index is -3.77. The van der Waals surface area contributed by atoms with Crippen LogP contribution in [0.2, 0.25) is 0 Å². The van der Waals surface area contributed by atoms with Gasteiger partial charge in [0.05, 0.1) is 46.5 Å². The van der Waals surface area contributed by atoms with Crippen LogP contribution in [0, 0.1) is 18.6 Å². The van der Waals surface area contributed by atoms with Gasteiger partial charge in [-0.25, -0.2) is 32.2 Å². The molecular weight excluding hydrogens is 472 g/mol. The Kier molecular flexibility index (Phi) is 6.86. The monoisotopic (exact) mass is 495 g/mol. The summed E-state index contributed by atoms with van der Waals surface area (Å²) in [5, 5.41) is 0.579. The molecule has 1 aliphatic rings. The van der Waals surface area contributed by atoms with Crippen molar-refractivity contribution < 1.29 is 21.9 Å². The summed E-state index contributed by atoms with van der Waals surface area (Å²) in [4.78, 5) is 15.5. The van der Waals surface area contributed by atoms with E-state index in [1.165, 1.54) is 11.3 Å². The molecule has 1 aromatic carbocycles. The average Bonchev–Trinajstić information content (AvgIpc) is 3.21. The maximum Gasteiger partial charge on any atom is 0.232 e. The molecule has 0 bridgehead atoms. The second kappa shape index (κ2) is 9.65. The second-order valence-electron chi connectivity index (χ2n) is 7.47. The fourth-order valence-corrected chi connectivity index (χ4v) is 5.69.